The van der Waals surface area contributed by atoms with E-state index in [9.17, 15) is 5.11 Å². The maximum absolute atomic E-state index is 9.33. The van der Waals surface area contributed by atoms with Crippen LogP contribution < -0.4 is 5.32 Å². The molecule has 1 aromatic carbocycles. The summed E-state index contributed by atoms with van der Waals surface area (Å²) in [6.07, 6.45) is 8.13. The Morgan fingerprint density at radius 1 is 1.25 bits per heavy atom. The maximum Gasteiger partial charge on any atom is 0.0489 e. The Hall–Kier alpha value is -1.12. The van der Waals surface area contributed by atoms with E-state index in [1.54, 1.807) is 0 Å². The predicted octanol–water partition coefficient (Wildman–Crippen LogP) is 2.91. The first-order valence-corrected chi connectivity index (χ1v) is 7.80. The van der Waals surface area contributed by atoms with Crippen LogP contribution in [0, 0.1) is 5.41 Å². The first-order chi connectivity index (χ1) is 9.64. The zero-order valence-electron chi connectivity index (χ0n) is 12.2. The number of fused-ring (bicyclic) bond motifs is 1. The summed E-state index contributed by atoms with van der Waals surface area (Å²) < 4.78 is 0. The fourth-order valence-electron chi connectivity index (χ4n) is 4.77. The van der Waals surface area contributed by atoms with Gasteiger partial charge in [0.05, 0.1) is 0 Å². The molecule has 0 amide bonds. The second-order valence-corrected chi connectivity index (χ2v) is 7.31. The van der Waals surface area contributed by atoms with Gasteiger partial charge in [-0.2, -0.15) is 0 Å². The molecule has 2 heteroatoms. The largest absolute Gasteiger partial charge is 0.396 e. The molecule has 2 bridgehead atoms. The van der Waals surface area contributed by atoms with Crippen LogP contribution in [0.5, 0.6) is 0 Å². The van der Waals surface area contributed by atoms with Gasteiger partial charge in [-0.25, -0.2) is 0 Å². The van der Waals surface area contributed by atoms with Crippen LogP contribution in [0.15, 0.2) is 30.3 Å². The summed E-state index contributed by atoms with van der Waals surface area (Å²) in [5.74, 6) is 0. The van der Waals surface area contributed by atoms with Crippen LogP contribution >= 0.6 is 0 Å². The fourth-order valence-corrected chi connectivity index (χ4v) is 4.77. The molecule has 4 aliphatic carbocycles. The van der Waals surface area contributed by atoms with Gasteiger partial charge in [-0.3, -0.25) is 0 Å². The normalized spacial score (nSPS) is 34.8. The Morgan fingerprint density at radius 2 is 2.00 bits per heavy atom. The third-order valence-corrected chi connectivity index (χ3v) is 5.49. The molecule has 0 unspecified atom stereocenters. The molecule has 0 radical (unpaired) electrons. The standard InChI is InChI=1S/C18H23NO/c1-13(19-18-9-17(10-18,11-18)12-20)8-15-7-6-14-4-2-3-5-16(14)15/h2-5,7,13,19-20H,6,8-12H2,1H3/t13-,17?,18?/m0/s1. The first kappa shape index (κ1) is 12.6. The van der Waals surface area contributed by atoms with Crippen molar-refractivity contribution in [3.63, 3.8) is 0 Å². The van der Waals surface area contributed by atoms with Crippen molar-refractivity contribution in [3.05, 3.63) is 41.5 Å². The average Bonchev–Trinajstić information content (AvgIpc) is 2.76. The van der Waals surface area contributed by atoms with E-state index >= 15 is 0 Å². The molecule has 0 heterocycles. The van der Waals surface area contributed by atoms with E-state index in [4.69, 9.17) is 0 Å². The number of allylic oxidation sites excluding steroid dienone is 1. The lowest BCUT2D eigenvalue weighted by Gasteiger charge is -2.71. The minimum absolute atomic E-state index is 0.298. The molecule has 1 atom stereocenters. The first-order valence-electron chi connectivity index (χ1n) is 7.80. The molecule has 3 fully saturated rings. The van der Waals surface area contributed by atoms with Gasteiger partial charge >= 0.3 is 0 Å². The van der Waals surface area contributed by atoms with Gasteiger partial charge in [-0.1, -0.05) is 30.3 Å². The zero-order chi connectivity index (χ0) is 13.8. The van der Waals surface area contributed by atoms with Gasteiger partial charge in [-0.15, -0.1) is 0 Å². The number of hydrogen-bond acceptors (Lipinski definition) is 2. The minimum atomic E-state index is 0.298. The Labute approximate surface area is 120 Å². The molecular weight excluding hydrogens is 246 g/mol. The van der Waals surface area contributed by atoms with Gasteiger partial charge in [-0.05, 0) is 61.1 Å². The van der Waals surface area contributed by atoms with Crippen LogP contribution in [-0.2, 0) is 6.42 Å². The van der Waals surface area contributed by atoms with Gasteiger partial charge in [0.25, 0.3) is 0 Å². The van der Waals surface area contributed by atoms with Crippen LogP contribution in [0.2, 0.25) is 0 Å². The second-order valence-electron chi connectivity index (χ2n) is 7.31. The lowest BCUT2D eigenvalue weighted by Crippen LogP contribution is -2.76. The highest BCUT2D eigenvalue weighted by Crippen LogP contribution is 2.67. The van der Waals surface area contributed by atoms with Crippen LogP contribution in [0.25, 0.3) is 5.57 Å². The van der Waals surface area contributed by atoms with Crippen molar-refractivity contribution < 1.29 is 5.11 Å². The van der Waals surface area contributed by atoms with Crippen molar-refractivity contribution in [1.82, 2.24) is 5.32 Å². The molecule has 0 saturated heterocycles. The van der Waals surface area contributed by atoms with Gasteiger partial charge in [0, 0.05) is 18.2 Å². The van der Waals surface area contributed by atoms with E-state index in [-0.39, 0.29) is 0 Å². The minimum Gasteiger partial charge on any atom is -0.396 e. The van der Waals surface area contributed by atoms with Crippen molar-refractivity contribution in [2.75, 3.05) is 6.61 Å². The fraction of sp³-hybridized carbons (Fsp3) is 0.556. The Kier molecular flexibility index (Phi) is 2.64. The summed E-state index contributed by atoms with van der Waals surface area (Å²) in [5, 5.41) is 13.2. The molecule has 106 valence electrons. The molecule has 0 aromatic heterocycles. The van der Waals surface area contributed by atoms with Gasteiger partial charge in [0.2, 0.25) is 0 Å². The predicted molar refractivity (Wildman–Crippen MR) is 81.4 cm³/mol. The number of rotatable bonds is 5. The summed E-state index contributed by atoms with van der Waals surface area (Å²) in [7, 11) is 0. The highest BCUT2D eigenvalue weighted by molar-refractivity contribution is 5.73. The average molecular weight is 269 g/mol. The van der Waals surface area contributed by atoms with E-state index in [0.717, 1.165) is 12.8 Å². The molecule has 2 nitrogen and oxygen atoms in total. The molecule has 0 spiro atoms. The van der Waals surface area contributed by atoms with E-state index in [2.05, 4.69) is 42.6 Å². The quantitative estimate of drug-likeness (QED) is 0.861. The highest BCUT2D eigenvalue weighted by Gasteiger charge is 2.67. The Bertz CT molecular complexity index is 555. The molecule has 4 aliphatic rings. The van der Waals surface area contributed by atoms with Crippen molar-refractivity contribution in [2.45, 2.75) is 50.6 Å². The van der Waals surface area contributed by atoms with Crippen molar-refractivity contribution in [1.29, 1.82) is 0 Å². The van der Waals surface area contributed by atoms with Gasteiger partial charge in [0.15, 0.2) is 0 Å². The summed E-state index contributed by atoms with van der Waals surface area (Å²) in [4.78, 5) is 0. The SMILES string of the molecule is C[C@@H](CC1=CCc2ccccc21)NC12CC(CO)(C1)C2. The highest BCUT2D eigenvalue weighted by atomic mass is 16.3. The molecule has 2 N–H and O–H groups in total. The lowest BCUT2D eigenvalue weighted by atomic mass is 9.39. The van der Waals surface area contributed by atoms with E-state index in [1.165, 1.54) is 36.0 Å². The summed E-state index contributed by atoms with van der Waals surface area (Å²) >= 11 is 0. The summed E-state index contributed by atoms with van der Waals surface area (Å²) in [6.45, 7) is 2.68. The molecular formula is C18H23NO. The number of hydrogen-bond donors (Lipinski definition) is 2. The van der Waals surface area contributed by atoms with Crippen LogP contribution in [0.4, 0.5) is 0 Å². The number of aliphatic hydroxyl groups excluding tert-OH is 1. The van der Waals surface area contributed by atoms with Gasteiger partial charge in [0.1, 0.15) is 0 Å². The molecule has 0 aliphatic heterocycles. The van der Waals surface area contributed by atoms with E-state index in [0.29, 0.717) is 23.6 Å². The van der Waals surface area contributed by atoms with E-state index in [1.807, 2.05) is 0 Å². The second kappa shape index (κ2) is 4.19. The smallest absolute Gasteiger partial charge is 0.0489 e. The van der Waals surface area contributed by atoms with Crippen molar-refractivity contribution >= 4 is 5.57 Å². The molecule has 20 heavy (non-hydrogen) atoms. The third-order valence-electron chi connectivity index (χ3n) is 5.49. The van der Waals surface area contributed by atoms with Crippen molar-refractivity contribution in [2.24, 2.45) is 5.41 Å². The van der Waals surface area contributed by atoms with Crippen LogP contribution in [0.3, 0.4) is 0 Å². The van der Waals surface area contributed by atoms with E-state index < -0.39 is 0 Å². The van der Waals surface area contributed by atoms with Gasteiger partial charge < -0.3 is 10.4 Å². The molecule has 1 aromatic rings. The Balaban J connectivity index is 1.37. The van der Waals surface area contributed by atoms with Crippen LogP contribution in [-0.4, -0.2) is 23.3 Å². The topological polar surface area (TPSA) is 32.3 Å². The molecule has 3 saturated carbocycles. The Morgan fingerprint density at radius 3 is 2.75 bits per heavy atom. The maximum atomic E-state index is 9.33. The number of aliphatic hydroxyl groups is 1. The monoisotopic (exact) mass is 269 g/mol. The number of benzene rings is 1. The third kappa shape index (κ3) is 1.78. The lowest BCUT2D eigenvalue weighted by molar-refractivity contribution is -0.181. The number of nitrogens with one attached hydrogen (secondary N) is 1. The molecule has 5 rings (SSSR count). The van der Waals surface area contributed by atoms with Crippen LogP contribution in [0.1, 0.15) is 43.7 Å². The van der Waals surface area contributed by atoms with Crippen molar-refractivity contribution in [3.8, 4) is 0 Å². The summed E-state index contributed by atoms with van der Waals surface area (Å²) in [6, 6.07) is 9.28. The zero-order valence-corrected chi connectivity index (χ0v) is 12.2. The summed E-state index contributed by atoms with van der Waals surface area (Å²) in [5.41, 5.74) is 5.08.